The molecule has 0 saturated carbocycles. The van der Waals surface area contributed by atoms with Gasteiger partial charge in [0.2, 0.25) is 0 Å². The summed E-state index contributed by atoms with van der Waals surface area (Å²) in [6.07, 6.45) is 0. The molecule has 4 heteroatoms. The molecule has 0 amide bonds. The van der Waals surface area contributed by atoms with E-state index in [0.29, 0.717) is 0 Å². The molecule has 0 spiro atoms. The van der Waals surface area contributed by atoms with Crippen LogP contribution in [0.2, 0.25) is 0 Å². The summed E-state index contributed by atoms with van der Waals surface area (Å²) < 4.78 is 0. The van der Waals surface area contributed by atoms with Crippen molar-refractivity contribution < 1.29 is 0 Å². The zero-order chi connectivity index (χ0) is 6.62. The largest absolute Gasteiger partial charge is 0.305 e. The molecule has 0 saturated heterocycles. The van der Waals surface area contributed by atoms with Gasteiger partial charge in [0.25, 0.3) is 0 Å². The van der Waals surface area contributed by atoms with Crippen LogP contribution in [0, 0.1) is 0 Å². The highest BCUT2D eigenvalue weighted by Crippen LogP contribution is 2.00. The van der Waals surface area contributed by atoms with E-state index in [-0.39, 0.29) is 5.66 Å². The van der Waals surface area contributed by atoms with Crippen molar-refractivity contribution in [3.63, 3.8) is 0 Å². The summed E-state index contributed by atoms with van der Waals surface area (Å²) >= 11 is 0. The molecule has 48 valence electrons. The molecule has 0 unspecified atom stereocenters. The lowest BCUT2D eigenvalue weighted by Crippen LogP contribution is -2.33. The zero-order valence-electron chi connectivity index (χ0n) is 5.47. The second kappa shape index (κ2) is 2.61. The van der Waals surface area contributed by atoms with E-state index in [9.17, 15) is 0 Å². The third-order valence-electron chi connectivity index (χ3n) is 0.920. The Balaban J connectivity index is 3.71. The molecule has 0 aromatic heterocycles. The molecular formula is C4H12N4. The maximum Gasteiger partial charge on any atom is 0.127 e. The van der Waals surface area contributed by atoms with Crippen molar-refractivity contribution in [3.05, 3.63) is 0 Å². The number of nitrogens with two attached hydrogens (primary N) is 1. The lowest BCUT2D eigenvalue weighted by atomic mass is 10.3. The first-order valence-corrected chi connectivity index (χ1v) is 2.43. The van der Waals surface area contributed by atoms with E-state index >= 15 is 0 Å². The summed E-state index contributed by atoms with van der Waals surface area (Å²) in [5.41, 5.74) is -0.325. The first kappa shape index (κ1) is 7.36. The Labute approximate surface area is 49.1 Å². The molecule has 0 aliphatic heterocycles. The summed E-state index contributed by atoms with van der Waals surface area (Å²) in [5.74, 6) is 4.81. The number of nitrogens with zero attached hydrogens (tertiary/aromatic N) is 2. The molecule has 0 bridgehead atoms. The molecule has 4 nitrogen and oxygen atoms in total. The molecule has 0 aromatic carbocycles. The highest BCUT2D eigenvalue weighted by Gasteiger charge is 2.10. The van der Waals surface area contributed by atoms with Crippen LogP contribution in [0.25, 0.3) is 0 Å². The van der Waals surface area contributed by atoms with Gasteiger partial charge in [0.1, 0.15) is 5.66 Å². The van der Waals surface area contributed by atoms with Crippen molar-refractivity contribution >= 4 is 0 Å². The highest BCUT2D eigenvalue weighted by atomic mass is 15.4. The van der Waals surface area contributed by atoms with E-state index in [4.69, 9.17) is 5.84 Å². The standard InChI is InChI=1S/C4H12N4/c1-4(2,6-3)7-8-5/h6H,1-3H3,(H2,5,7). The van der Waals surface area contributed by atoms with Crippen LogP contribution in [0.15, 0.2) is 10.3 Å². The predicted molar refractivity (Wildman–Crippen MR) is 32.2 cm³/mol. The highest BCUT2D eigenvalue weighted by molar-refractivity contribution is 4.67. The molecule has 0 rings (SSSR count). The summed E-state index contributed by atoms with van der Waals surface area (Å²) in [4.78, 5) is 0. The zero-order valence-corrected chi connectivity index (χ0v) is 5.47. The van der Waals surface area contributed by atoms with Gasteiger partial charge in [0, 0.05) is 0 Å². The molecule has 0 fully saturated rings. The third kappa shape index (κ3) is 2.52. The van der Waals surface area contributed by atoms with Gasteiger partial charge in [0.15, 0.2) is 0 Å². The van der Waals surface area contributed by atoms with Crippen LogP contribution in [0.1, 0.15) is 13.8 Å². The molecule has 0 heterocycles. The van der Waals surface area contributed by atoms with E-state index in [2.05, 4.69) is 15.7 Å². The Bertz CT molecular complexity index is 86.0. The smallest absolute Gasteiger partial charge is 0.127 e. The van der Waals surface area contributed by atoms with Gasteiger partial charge in [-0.2, -0.15) is 0 Å². The number of hydrogen-bond donors (Lipinski definition) is 2. The maximum absolute atomic E-state index is 4.81. The van der Waals surface area contributed by atoms with Crippen molar-refractivity contribution in [2.45, 2.75) is 19.5 Å². The van der Waals surface area contributed by atoms with Gasteiger partial charge in [-0.1, -0.05) is 5.22 Å². The molecule has 3 N–H and O–H groups in total. The first-order valence-electron chi connectivity index (χ1n) is 2.43. The fourth-order valence-electron chi connectivity index (χ4n) is 0.194. The van der Waals surface area contributed by atoms with Gasteiger partial charge < -0.3 is 5.84 Å². The van der Waals surface area contributed by atoms with Crippen LogP contribution in [0.5, 0.6) is 0 Å². The van der Waals surface area contributed by atoms with Crippen LogP contribution >= 0.6 is 0 Å². The average Bonchev–Trinajstić information content (AvgIpc) is 1.67. The van der Waals surface area contributed by atoms with Crippen LogP contribution in [-0.4, -0.2) is 12.7 Å². The van der Waals surface area contributed by atoms with Gasteiger partial charge in [-0.25, -0.2) is 0 Å². The minimum atomic E-state index is -0.325. The van der Waals surface area contributed by atoms with Gasteiger partial charge in [-0.15, -0.1) is 5.11 Å². The topological polar surface area (TPSA) is 62.8 Å². The number of nitrogens with one attached hydrogen (secondary N) is 1. The Kier molecular flexibility index (Phi) is 2.41. The Morgan fingerprint density at radius 1 is 1.50 bits per heavy atom. The molecule has 0 radical (unpaired) electrons. The van der Waals surface area contributed by atoms with Gasteiger partial charge in [-0.3, -0.25) is 5.32 Å². The van der Waals surface area contributed by atoms with E-state index in [1.165, 1.54) is 0 Å². The van der Waals surface area contributed by atoms with E-state index in [1.54, 1.807) is 7.05 Å². The van der Waals surface area contributed by atoms with Crippen LogP contribution in [0.3, 0.4) is 0 Å². The predicted octanol–water partition coefficient (Wildman–Crippen LogP) is 0.268. The lowest BCUT2D eigenvalue weighted by Gasteiger charge is -2.14. The molecule has 0 aromatic rings. The maximum atomic E-state index is 4.81. The molecule has 0 aliphatic rings. The van der Waals surface area contributed by atoms with Gasteiger partial charge >= 0.3 is 0 Å². The Hall–Kier alpha value is -0.640. The van der Waals surface area contributed by atoms with E-state index < -0.39 is 0 Å². The molecular weight excluding hydrogens is 104 g/mol. The minimum Gasteiger partial charge on any atom is -0.305 e. The molecule has 0 aliphatic carbocycles. The normalized spacial score (nSPS) is 12.9. The second-order valence-corrected chi connectivity index (χ2v) is 2.02. The minimum absolute atomic E-state index is 0.325. The SMILES string of the molecule is CNC(C)(C)/N=N\N. The fraction of sp³-hybridized carbons (Fsp3) is 1.00. The van der Waals surface area contributed by atoms with Crippen molar-refractivity contribution in [1.82, 2.24) is 5.32 Å². The summed E-state index contributed by atoms with van der Waals surface area (Å²) in [7, 11) is 1.80. The van der Waals surface area contributed by atoms with Crippen molar-refractivity contribution in [1.29, 1.82) is 0 Å². The van der Waals surface area contributed by atoms with Gasteiger partial charge in [-0.05, 0) is 20.9 Å². The average molecular weight is 116 g/mol. The van der Waals surface area contributed by atoms with E-state index in [1.807, 2.05) is 13.8 Å². The summed E-state index contributed by atoms with van der Waals surface area (Å²) in [5, 5.41) is 9.71. The van der Waals surface area contributed by atoms with Crippen LogP contribution < -0.4 is 11.2 Å². The first-order chi connectivity index (χ1) is 3.62. The van der Waals surface area contributed by atoms with Crippen LogP contribution in [-0.2, 0) is 0 Å². The second-order valence-electron chi connectivity index (χ2n) is 2.02. The lowest BCUT2D eigenvalue weighted by molar-refractivity contribution is 0.420. The van der Waals surface area contributed by atoms with E-state index in [0.717, 1.165) is 0 Å². The Morgan fingerprint density at radius 3 is 2.12 bits per heavy atom. The number of hydrogen-bond acceptors (Lipinski definition) is 3. The van der Waals surface area contributed by atoms with Crippen LogP contribution in [0.4, 0.5) is 0 Å². The van der Waals surface area contributed by atoms with Crippen molar-refractivity contribution in [2.75, 3.05) is 7.05 Å². The Morgan fingerprint density at radius 2 is 2.00 bits per heavy atom. The fourth-order valence-corrected chi connectivity index (χ4v) is 0.194. The summed E-state index contributed by atoms with van der Waals surface area (Å²) in [6, 6.07) is 0. The molecule has 8 heavy (non-hydrogen) atoms. The summed E-state index contributed by atoms with van der Waals surface area (Å²) in [6.45, 7) is 3.76. The number of rotatable bonds is 2. The third-order valence-corrected chi connectivity index (χ3v) is 0.920. The van der Waals surface area contributed by atoms with Crippen molar-refractivity contribution in [3.8, 4) is 0 Å². The quantitative estimate of drug-likeness (QED) is 0.309. The van der Waals surface area contributed by atoms with Gasteiger partial charge in [0.05, 0.1) is 0 Å². The van der Waals surface area contributed by atoms with Crippen molar-refractivity contribution in [2.24, 2.45) is 16.2 Å². The monoisotopic (exact) mass is 116 g/mol. The molecule has 0 atom stereocenters.